The van der Waals surface area contributed by atoms with Gasteiger partial charge in [-0.2, -0.15) is 0 Å². The van der Waals surface area contributed by atoms with Crippen LogP contribution >= 0.6 is 24.0 Å². The van der Waals surface area contributed by atoms with E-state index in [1.165, 1.54) is 5.52 Å². The third-order valence-corrected chi connectivity index (χ3v) is 4.92. The van der Waals surface area contributed by atoms with E-state index in [-0.39, 0.29) is 24.0 Å². The van der Waals surface area contributed by atoms with Gasteiger partial charge in [-0.1, -0.05) is 24.3 Å². The van der Waals surface area contributed by atoms with Gasteiger partial charge in [-0.25, -0.2) is 9.98 Å². The lowest BCUT2D eigenvalue weighted by Gasteiger charge is -2.14. The van der Waals surface area contributed by atoms with E-state index in [1.54, 1.807) is 7.11 Å². The van der Waals surface area contributed by atoms with Crippen LogP contribution < -0.4 is 15.4 Å². The van der Waals surface area contributed by atoms with Crippen LogP contribution in [-0.4, -0.2) is 48.9 Å². The van der Waals surface area contributed by atoms with Crippen LogP contribution in [0.4, 0.5) is 0 Å². The summed E-state index contributed by atoms with van der Waals surface area (Å²) in [6, 6.07) is 14.4. The molecule has 0 atom stereocenters. The van der Waals surface area contributed by atoms with Gasteiger partial charge >= 0.3 is 0 Å². The second-order valence-corrected chi connectivity index (χ2v) is 7.35. The molecule has 3 rings (SSSR count). The molecule has 1 aromatic heterocycles. The van der Waals surface area contributed by atoms with Crippen molar-refractivity contribution < 1.29 is 9.47 Å². The Hall–Kier alpha value is -2.33. The largest absolute Gasteiger partial charge is 0.491 e. The number of aryl methyl sites for hydroxylation is 2. The third kappa shape index (κ3) is 7.67. The van der Waals surface area contributed by atoms with Crippen LogP contribution in [0.25, 0.3) is 11.0 Å². The molecule has 0 amide bonds. The molecule has 2 aromatic carbocycles. The number of guanidine groups is 1. The number of benzene rings is 2. The summed E-state index contributed by atoms with van der Waals surface area (Å²) in [6.45, 7) is 8.30. The number of nitrogens with zero attached hydrogens (tertiary/aromatic N) is 3. The summed E-state index contributed by atoms with van der Waals surface area (Å²) in [5, 5.41) is 6.75. The van der Waals surface area contributed by atoms with E-state index in [0.29, 0.717) is 19.8 Å². The topological polar surface area (TPSA) is 72.7 Å². The quantitative estimate of drug-likeness (QED) is 0.162. The van der Waals surface area contributed by atoms with Gasteiger partial charge in [-0.05, 0) is 44.0 Å². The Morgan fingerprint density at radius 1 is 1.12 bits per heavy atom. The summed E-state index contributed by atoms with van der Waals surface area (Å²) in [4.78, 5) is 9.20. The fourth-order valence-electron chi connectivity index (χ4n) is 3.31. The number of hydrogen-bond donors (Lipinski definition) is 2. The van der Waals surface area contributed by atoms with Crippen LogP contribution in [0.3, 0.4) is 0 Å². The number of methoxy groups -OCH3 is 1. The number of aromatic nitrogens is 2. The molecule has 32 heavy (non-hydrogen) atoms. The Balaban J connectivity index is 0.00000363. The highest BCUT2D eigenvalue weighted by molar-refractivity contribution is 14.0. The maximum atomic E-state index is 5.88. The second kappa shape index (κ2) is 13.9. The Morgan fingerprint density at radius 3 is 2.78 bits per heavy atom. The van der Waals surface area contributed by atoms with Crippen LogP contribution in [0, 0.1) is 6.92 Å². The molecular formula is C24H34IN5O2. The van der Waals surface area contributed by atoms with Crippen molar-refractivity contribution in [3.63, 3.8) is 0 Å². The van der Waals surface area contributed by atoms with E-state index in [1.807, 2.05) is 24.5 Å². The molecule has 0 saturated carbocycles. The Morgan fingerprint density at radius 2 is 1.97 bits per heavy atom. The number of halogens is 1. The molecule has 0 aliphatic carbocycles. The van der Waals surface area contributed by atoms with Crippen molar-refractivity contribution in [2.75, 3.05) is 33.4 Å². The predicted octanol–water partition coefficient (Wildman–Crippen LogP) is 4.13. The molecule has 174 valence electrons. The predicted molar refractivity (Wildman–Crippen MR) is 141 cm³/mol. The Bertz CT molecular complexity index is 989. The minimum atomic E-state index is 0. The van der Waals surface area contributed by atoms with E-state index < -0.39 is 0 Å². The maximum absolute atomic E-state index is 5.88. The fourth-order valence-corrected chi connectivity index (χ4v) is 3.31. The van der Waals surface area contributed by atoms with E-state index in [0.717, 1.165) is 54.4 Å². The number of imidazole rings is 1. The number of para-hydroxylation sites is 2. The Labute approximate surface area is 207 Å². The van der Waals surface area contributed by atoms with Gasteiger partial charge in [-0.15, -0.1) is 24.0 Å². The molecule has 0 fully saturated rings. The van der Waals surface area contributed by atoms with Gasteiger partial charge in [-0.3, -0.25) is 0 Å². The van der Waals surface area contributed by atoms with Crippen LogP contribution in [0.1, 0.15) is 24.5 Å². The molecule has 2 N–H and O–H groups in total. The van der Waals surface area contributed by atoms with Gasteiger partial charge in [0.15, 0.2) is 5.96 Å². The van der Waals surface area contributed by atoms with Gasteiger partial charge in [0.1, 0.15) is 12.4 Å². The Kier molecular flexibility index (Phi) is 11.3. The highest BCUT2D eigenvalue weighted by Gasteiger charge is 2.06. The van der Waals surface area contributed by atoms with Gasteiger partial charge in [0, 0.05) is 32.3 Å². The standard InChI is InChI=1S/C24H33N5O2.HI/c1-4-25-24(26-12-7-13-29-18-28-21-8-5-6-9-22(21)29)27-17-20-11-10-19(2)16-23(20)31-15-14-30-3;/h5-6,8-11,16,18H,4,7,12-15,17H2,1-3H3,(H2,25,26,27);1H. The lowest BCUT2D eigenvalue weighted by atomic mass is 10.1. The van der Waals surface area contributed by atoms with E-state index in [4.69, 9.17) is 14.5 Å². The van der Waals surface area contributed by atoms with Crippen molar-refractivity contribution in [1.29, 1.82) is 0 Å². The van der Waals surface area contributed by atoms with Gasteiger partial charge in [0.05, 0.1) is 30.5 Å². The SMILES string of the molecule is CCNC(=NCc1ccc(C)cc1OCCOC)NCCCn1cnc2ccccc21.I. The van der Waals surface area contributed by atoms with Gasteiger partial charge < -0.3 is 24.7 Å². The summed E-state index contributed by atoms with van der Waals surface area (Å²) < 4.78 is 13.2. The molecule has 0 aliphatic heterocycles. The number of ether oxygens (including phenoxy) is 2. The van der Waals surface area contributed by atoms with Crippen molar-refractivity contribution in [3.05, 3.63) is 59.9 Å². The number of rotatable bonds is 11. The maximum Gasteiger partial charge on any atom is 0.191 e. The molecule has 0 saturated heterocycles. The van der Waals surface area contributed by atoms with Crippen molar-refractivity contribution in [2.24, 2.45) is 4.99 Å². The lowest BCUT2D eigenvalue weighted by molar-refractivity contribution is 0.145. The lowest BCUT2D eigenvalue weighted by Crippen LogP contribution is -2.38. The van der Waals surface area contributed by atoms with Crippen molar-refractivity contribution in [3.8, 4) is 5.75 Å². The average Bonchev–Trinajstić information content (AvgIpc) is 3.19. The smallest absolute Gasteiger partial charge is 0.191 e. The number of fused-ring (bicyclic) bond motifs is 1. The summed E-state index contributed by atoms with van der Waals surface area (Å²) in [7, 11) is 1.68. The zero-order valence-electron chi connectivity index (χ0n) is 19.1. The molecule has 0 radical (unpaired) electrons. The number of nitrogens with one attached hydrogen (secondary N) is 2. The highest BCUT2D eigenvalue weighted by atomic mass is 127. The van der Waals surface area contributed by atoms with Crippen LogP contribution in [0.2, 0.25) is 0 Å². The first-order chi connectivity index (χ1) is 15.2. The highest BCUT2D eigenvalue weighted by Crippen LogP contribution is 2.21. The van der Waals surface area contributed by atoms with Gasteiger partial charge in [0.2, 0.25) is 0 Å². The zero-order chi connectivity index (χ0) is 21.9. The molecule has 8 heteroatoms. The summed E-state index contributed by atoms with van der Waals surface area (Å²) in [5.74, 6) is 1.67. The zero-order valence-corrected chi connectivity index (χ0v) is 21.5. The summed E-state index contributed by atoms with van der Waals surface area (Å²) in [6.07, 6.45) is 2.88. The normalized spacial score (nSPS) is 11.3. The molecule has 0 spiro atoms. The first-order valence-corrected chi connectivity index (χ1v) is 10.8. The van der Waals surface area contributed by atoms with Crippen molar-refractivity contribution in [1.82, 2.24) is 20.2 Å². The molecule has 7 nitrogen and oxygen atoms in total. The van der Waals surface area contributed by atoms with E-state index in [2.05, 4.69) is 58.3 Å². The van der Waals surface area contributed by atoms with Crippen LogP contribution in [0.5, 0.6) is 5.75 Å². The van der Waals surface area contributed by atoms with Crippen molar-refractivity contribution >= 4 is 41.0 Å². The molecular weight excluding hydrogens is 517 g/mol. The molecule has 0 unspecified atom stereocenters. The van der Waals surface area contributed by atoms with Crippen molar-refractivity contribution in [2.45, 2.75) is 33.4 Å². The third-order valence-electron chi connectivity index (χ3n) is 4.92. The minimum Gasteiger partial charge on any atom is -0.491 e. The summed E-state index contributed by atoms with van der Waals surface area (Å²) in [5.41, 5.74) is 4.43. The first kappa shape index (κ1) is 25.9. The van der Waals surface area contributed by atoms with Gasteiger partial charge in [0.25, 0.3) is 0 Å². The van der Waals surface area contributed by atoms with E-state index in [9.17, 15) is 0 Å². The van der Waals surface area contributed by atoms with Crippen LogP contribution in [0.15, 0.2) is 53.8 Å². The molecule has 3 aromatic rings. The average molecular weight is 551 g/mol. The molecule has 0 aliphatic rings. The summed E-state index contributed by atoms with van der Waals surface area (Å²) >= 11 is 0. The number of hydrogen-bond acceptors (Lipinski definition) is 4. The molecule has 1 heterocycles. The van der Waals surface area contributed by atoms with E-state index >= 15 is 0 Å². The second-order valence-electron chi connectivity index (χ2n) is 7.35. The monoisotopic (exact) mass is 551 g/mol. The molecule has 0 bridgehead atoms. The minimum absolute atomic E-state index is 0. The van der Waals surface area contributed by atoms with Crippen LogP contribution in [-0.2, 0) is 17.8 Å². The fraction of sp³-hybridized carbons (Fsp3) is 0.417. The number of aliphatic imine (C=N–C) groups is 1. The first-order valence-electron chi connectivity index (χ1n) is 10.8.